The van der Waals surface area contributed by atoms with Gasteiger partial charge in [0, 0.05) is 23.6 Å². The summed E-state index contributed by atoms with van der Waals surface area (Å²) < 4.78 is 28.1. The molecule has 0 aromatic heterocycles. The molecule has 7 nitrogen and oxygen atoms in total. The molecule has 0 unspecified atom stereocenters. The monoisotopic (exact) mass is 285 g/mol. The van der Waals surface area contributed by atoms with Gasteiger partial charge in [-0.1, -0.05) is 0 Å². The Hall–Kier alpha value is -2.22. The normalized spacial score (nSPS) is 11.4. The molecular formula is C11H11NO6S. The molecule has 1 rings (SSSR count). The fraction of sp³-hybridized carbons (Fsp3) is 0.182. The van der Waals surface area contributed by atoms with Crippen LogP contribution in [0.15, 0.2) is 40.6 Å². The Balaban J connectivity index is 2.94. The van der Waals surface area contributed by atoms with Gasteiger partial charge in [-0.05, 0) is 19.1 Å². The molecular weight excluding hydrogens is 274 g/mol. The molecule has 0 radical (unpaired) electrons. The molecule has 1 aromatic carbocycles. The summed E-state index contributed by atoms with van der Waals surface area (Å²) in [6, 6.07) is 4.35. The highest BCUT2D eigenvalue weighted by Crippen LogP contribution is 2.17. The quantitative estimate of drug-likeness (QED) is 0.351. The van der Waals surface area contributed by atoms with Gasteiger partial charge in [-0.3, -0.25) is 10.1 Å². The van der Waals surface area contributed by atoms with E-state index in [0.29, 0.717) is 5.41 Å². The molecule has 0 heterocycles. The average Bonchev–Trinajstić information content (AvgIpc) is 2.37. The number of sulfone groups is 1. The van der Waals surface area contributed by atoms with E-state index in [2.05, 4.69) is 4.74 Å². The van der Waals surface area contributed by atoms with E-state index in [1.165, 1.54) is 0 Å². The van der Waals surface area contributed by atoms with Crippen molar-refractivity contribution in [2.75, 3.05) is 6.61 Å². The molecule has 0 aliphatic rings. The van der Waals surface area contributed by atoms with E-state index in [4.69, 9.17) is 0 Å². The van der Waals surface area contributed by atoms with E-state index < -0.39 is 20.7 Å². The number of ether oxygens (including phenoxy) is 1. The van der Waals surface area contributed by atoms with Crippen LogP contribution in [0.1, 0.15) is 6.92 Å². The number of nitrogens with zero attached hydrogens (tertiary/aromatic N) is 1. The van der Waals surface area contributed by atoms with Crippen LogP contribution in [0, 0.1) is 10.1 Å². The number of carbonyl (C=O) groups excluding carboxylic acids is 1. The minimum absolute atomic E-state index is 0.140. The van der Waals surface area contributed by atoms with Crippen molar-refractivity contribution in [3.05, 3.63) is 45.9 Å². The van der Waals surface area contributed by atoms with Crippen LogP contribution >= 0.6 is 0 Å². The number of hydrogen-bond donors (Lipinski definition) is 0. The molecule has 0 saturated carbocycles. The fourth-order valence-corrected chi connectivity index (χ4v) is 2.13. The summed E-state index contributed by atoms with van der Waals surface area (Å²) in [5.74, 6) is -0.770. The Morgan fingerprint density at radius 2 is 1.95 bits per heavy atom. The summed E-state index contributed by atoms with van der Waals surface area (Å²) in [5.41, 5.74) is -0.215. The van der Waals surface area contributed by atoms with Crippen LogP contribution in [0.4, 0.5) is 5.69 Å². The van der Waals surface area contributed by atoms with Gasteiger partial charge in [-0.2, -0.15) is 0 Å². The highest BCUT2D eigenvalue weighted by Gasteiger charge is 2.13. The number of nitro groups is 1. The molecule has 1 aromatic rings. The second-order valence-corrected chi connectivity index (χ2v) is 5.18. The number of nitro benzene ring substituents is 1. The van der Waals surface area contributed by atoms with E-state index in [1.54, 1.807) is 6.92 Å². The van der Waals surface area contributed by atoms with Crippen LogP contribution in [0.3, 0.4) is 0 Å². The molecule has 0 saturated heterocycles. The largest absolute Gasteiger partial charge is 0.463 e. The Morgan fingerprint density at radius 3 is 2.42 bits per heavy atom. The van der Waals surface area contributed by atoms with Gasteiger partial charge in [0.2, 0.25) is 0 Å². The number of non-ortho nitro benzene ring substituents is 1. The summed E-state index contributed by atoms with van der Waals surface area (Å²) >= 11 is 0. The Kier molecular flexibility index (Phi) is 4.76. The van der Waals surface area contributed by atoms with Gasteiger partial charge in [-0.25, -0.2) is 13.2 Å². The van der Waals surface area contributed by atoms with Crippen molar-refractivity contribution in [2.24, 2.45) is 0 Å². The Morgan fingerprint density at radius 1 is 1.37 bits per heavy atom. The maximum Gasteiger partial charge on any atom is 0.331 e. The van der Waals surface area contributed by atoms with Gasteiger partial charge in [-0.15, -0.1) is 0 Å². The third-order valence-corrected chi connectivity index (χ3v) is 3.47. The summed E-state index contributed by atoms with van der Waals surface area (Å²) in [6.45, 7) is 1.73. The van der Waals surface area contributed by atoms with Crippen molar-refractivity contribution < 1.29 is 22.9 Å². The lowest BCUT2D eigenvalue weighted by atomic mass is 10.3. The standard InChI is InChI=1S/C11H11NO6S/c1-2-18-11(13)7-8-19(16,17)10-5-3-9(4-6-10)12(14)15/h3-8H,2H2,1H3/b8-7-. The Labute approximate surface area is 109 Å². The van der Waals surface area contributed by atoms with Crippen LogP contribution < -0.4 is 0 Å². The van der Waals surface area contributed by atoms with Crippen molar-refractivity contribution in [2.45, 2.75) is 11.8 Å². The summed E-state index contributed by atoms with van der Waals surface area (Å²) in [5, 5.41) is 11.1. The third kappa shape index (κ3) is 4.18. The fourth-order valence-electron chi connectivity index (χ4n) is 1.17. The second-order valence-electron chi connectivity index (χ2n) is 3.35. The first-order valence-electron chi connectivity index (χ1n) is 5.21. The SMILES string of the molecule is CCOC(=O)/C=C\S(=O)(=O)c1ccc([N+](=O)[O-])cc1. The summed E-state index contributed by atoms with van der Waals surface area (Å²) in [6.07, 6.45) is 0.792. The lowest BCUT2D eigenvalue weighted by Gasteiger charge is -1.99. The molecule has 0 bridgehead atoms. The lowest BCUT2D eigenvalue weighted by molar-refractivity contribution is -0.384. The predicted octanol–water partition coefficient (Wildman–Crippen LogP) is 1.45. The molecule has 0 fully saturated rings. The number of rotatable bonds is 5. The zero-order chi connectivity index (χ0) is 14.5. The lowest BCUT2D eigenvalue weighted by Crippen LogP contribution is -2.02. The topological polar surface area (TPSA) is 104 Å². The smallest absolute Gasteiger partial charge is 0.331 e. The molecule has 0 amide bonds. The summed E-state index contributed by atoms with van der Waals surface area (Å²) in [4.78, 5) is 20.7. The van der Waals surface area contributed by atoms with E-state index >= 15 is 0 Å². The van der Waals surface area contributed by atoms with Crippen LogP contribution in [0.2, 0.25) is 0 Å². The van der Waals surface area contributed by atoms with E-state index in [-0.39, 0.29) is 17.2 Å². The maximum absolute atomic E-state index is 11.8. The van der Waals surface area contributed by atoms with E-state index in [0.717, 1.165) is 30.3 Å². The van der Waals surface area contributed by atoms with Gasteiger partial charge < -0.3 is 4.74 Å². The van der Waals surface area contributed by atoms with E-state index in [9.17, 15) is 23.3 Å². The molecule has 0 aliphatic carbocycles. The van der Waals surface area contributed by atoms with Crippen LogP contribution in [0.5, 0.6) is 0 Å². The molecule has 102 valence electrons. The Bertz CT molecular complexity index is 603. The van der Waals surface area contributed by atoms with Crippen LogP contribution in [0.25, 0.3) is 0 Å². The highest BCUT2D eigenvalue weighted by atomic mass is 32.2. The molecule has 0 aliphatic heterocycles. The molecule has 0 spiro atoms. The first-order chi connectivity index (χ1) is 8.86. The molecule has 8 heteroatoms. The van der Waals surface area contributed by atoms with Gasteiger partial charge in [0.25, 0.3) is 5.69 Å². The highest BCUT2D eigenvalue weighted by molar-refractivity contribution is 7.94. The maximum atomic E-state index is 11.8. The van der Waals surface area contributed by atoms with Crippen LogP contribution in [-0.2, 0) is 19.4 Å². The number of esters is 1. The third-order valence-electron chi connectivity index (χ3n) is 2.05. The summed E-state index contributed by atoms with van der Waals surface area (Å²) in [7, 11) is -3.82. The van der Waals surface area contributed by atoms with Crippen LogP contribution in [-0.4, -0.2) is 25.9 Å². The van der Waals surface area contributed by atoms with Gasteiger partial charge in [0.05, 0.1) is 16.4 Å². The minimum Gasteiger partial charge on any atom is -0.463 e. The molecule has 0 atom stereocenters. The minimum atomic E-state index is -3.82. The van der Waals surface area contributed by atoms with E-state index in [1.807, 2.05) is 0 Å². The van der Waals surface area contributed by atoms with Gasteiger partial charge in [0.1, 0.15) is 0 Å². The van der Waals surface area contributed by atoms with Crippen molar-refractivity contribution in [3.63, 3.8) is 0 Å². The predicted molar refractivity (Wildman–Crippen MR) is 66.1 cm³/mol. The van der Waals surface area contributed by atoms with Crippen molar-refractivity contribution >= 4 is 21.5 Å². The zero-order valence-corrected chi connectivity index (χ0v) is 10.8. The zero-order valence-electron chi connectivity index (χ0n) is 9.98. The van der Waals surface area contributed by atoms with Crippen molar-refractivity contribution in [1.29, 1.82) is 0 Å². The first kappa shape index (κ1) is 14.8. The second kappa shape index (κ2) is 6.10. The molecule has 0 N–H and O–H groups in total. The van der Waals surface area contributed by atoms with Crippen molar-refractivity contribution in [1.82, 2.24) is 0 Å². The molecule has 19 heavy (non-hydrogen) atoms. The number of benzene rings is 1. The van der Waals surface area contributed by atoms with Crippen molar-refractivity contribution in [3.8, 4) is 0 Å². The average molecular weight is 285 g/mol. The van der Waals surface area contributed by atoms with Gasteiger partial charge >= 0.3 is 5.97 Å². The first-order valence-corrected chi connectivity index (χ1v) is 6.76. The number of carbonyl (C=O) groups is 1. The number of hydrogen-bond acceptors (Lipinski definition) is 6. The van der Waals surface area contributed by atoms with Gasteiger partial charge in [0.15, 0.2) is 9.84 Å².